The number of halogens is 1. The van der Waals surface area contributed by atoms with Crippen LogP contribution >= 0.6 is 15.9 Å². The number of carbonyl (C=O) groups excluding carboxylic acids is 2. The van der Waals surface area contributed by atoms with Gasteiger partial charge in [-0.3, -0.25) is 14.4 Å². The fraction of sp³-hybridized carbons (Fsp3) is 0.154. The molecule has 2 aromatic carbocycles. The maximum absolute atomic E-state index is 13.2. The Labute approximate surface area is 199 Å². The van der Waals surface area contributed by atoms with Gasteiger partial charge in [0.2, 0.25) is 11.3 Å². The van der Waals surface area contributed by atoms with Crippen molar-refractivity contribution in [3.63, 3.8) is 0 Å². The van der Waals surface area contributed by atoms with Crippen molar-refractivity contribution in [2.45, 2.75) is 27.3 Å². The van der Waals surface area contributed by atoms with Gasteiger partial charge in [0.1, 0.15) is 12.2 Å². The lowest BCUT2D eigenvalue weighted by Gasteiger charge is -2.14. The Morgan fingerprint density at radius 2 is 1.73 bits per heavy atom. The van der Waals surface area contributed by atoms with E-state index >= 15 is 0 Å². The lowest BCUT2D eigenvalue weighted by Crippen LogP contribution is -2.25. The van der Waals surface area contributed by atoms with Crippen LogP contribution in [0.4, 0.5) is 5.69 Å². The molecule has 1 N–H and O–H groups in total. The van der Waals surface area contributed by atoms with Gasteiger partial charge in [0, 0.05) is 27.6 Å². The Balaban J connectivity index is 1.77. The second-order valence-electron chi connectivity index (χ2n) is 8.03. The molecule has 0 spiro atoms. The lowest BCUT2D eigenvalue weighted by atomic mass is 10.0. The minimum atomic E-state index is -0.406. The number of pyridine rings is 2. The zero-order valence-electron chi connectivity index (χ0n) is 18.5. The highest BCUT2D eigenvalue weighted by atomic mass is 79.9. The van der Waals surface area contributed by atoms with Gasteiger partial charge in [0.25, 0.3) is 0 Å². The molecule has 0 saturated carbocycles. The number of hydrogen-bond donors (Lipinski definition) is 1. The Bertz CT molecular complexity index is 1460. The first-order valence-corrected chi connectivity index (χ1v) is 11.2. The van der Waals surface area contributed by atoms with Crippen molar-refractivity contribution in [2.75, 3.05) is 5.32 Å². The zero-order chi connectivity index (χ0) is 23.7. The summed E-state index contributed by atoms with van der Waals surface area (Å²) in [5, 5.41) is 3.22. The number of anilines is 1. The molecule has 0 bridgehead atoms. The standard InChI is InChI=1S/C26H22BrN3O3/c1-15-4-5-16(2)22(12-15)29-23(31)14-30-13-21(24(32)18-7-9-19(27)10-8-18)25(33)20-11-6-17(3)28-26(20)30/h4-13H,14H2,1-3H3,(H,29,31). The van der Waals surface area contributed by atoms with E-state index in [-0.39, 0.29) is 18.0 Å². The molecule has 33 heavy (non-hydrogen) atoms. The van der Waals surface area contributed by atoms with Crippen LogP contribution in [0.15, 0.2) is 70.1 Å². The molecule has 0 aliphatic heterocycles. The topological polar surface area (TPSA) is 81.1 Å². The maximum atomic E-state index is 13.2. The Hall–Kier alpha value is -3.58. The number of ketones is 1. The lowest BCUT2D eigenvalue weighted by molar-refractivity contribution is -0.116. The van der Waals surface area contributed by atoms with Crippen molar-refractivity contribution >= 4 is 44.3 Å². The van der Waals surface area contributed by atoms with E-state index in [0.29, 0.717) is 22.3 Å². The number of aromatic nitrogens is 2. The zero-order valence-corrected chi connectivity index (χ0v) is 20.1. The average Bonchev–Trinajstić information content (AvgIpc) is 2.78. The highest BCUT2D eigenvalue weighted by molar-refractivity contribution is 9.10. The molecule has 4 rings (SSSR count). The predicted molar refractivity (Wildman–Crippen MR) is 133 cm³/mol. The van der Waals surface area contributed by atoms with Crippen LogP contribution < -0.4 is 10.7 Å². The van der Waals surface area contributed by atoms with Gasteiger partial charge in [-0.25, -0.2) is 4.98 Å². The van der Waals surface area contributed by atoms with Gasteiger partial charge in [-0.2, -0.15) is 0 Å². The fourth-order valence-corrected chi connectivity index (χ4v) is 3.88. The van der Waals surface area contributed by atoms with Crippen LogP contribution in [0.2, 0.25) is 0 Å². The average molecular weight is 504 g/mol. The van der Waals surface area contributed by atoms with Gasteiger partial charge in [-0.1, -0.05) is 28.1 Å². The summed E-state index contributed by atoms with van der Waals surface area (Å²) in [6.07, 6.45) is 1.43. The summed E-state index contributed by atoms with van der Waals surface area (Å²) >= 11 is 3.35. The van der Waals surface area contributed by atoms with E-state index in [4.69, 9.17) is 0 Å². The Kier molecular flexibility index (Phi) is 6.24. The normalized spacial score (nSPS) is 10.9. The largest absolute Gasteiger partial charge is 0.324 e. The molecular formula is C26H22BrN3O3. The van der Waals surface area contributed by atoms with Crippen molar-refractivity contribution in [1.29, 1.82) is 0 Å². The minimum absolute atomic E-state index is 0.00462. The van der Waals surface area contributed by atoms with Crippen LogP contribution in [-0.2, 0) is 11.3 Å². The molecule has 2 aromatic heterocycles. The number of amides is 1. The third-order valence-corrected chi connectivity index (χ3v) is 5.92. The van der Waals surface area contributed by atoms with Crippen LogP contribution in [0, 0.1) is 20.8 Å². The van der Waals surface area contributed by atoms with E-state index in [0.717, 1.165) is 21.3 Å². The monoisotopic (exact) mass is 503 g/mol. The molecule has 0 aliphatic rings. The first kappa shape index (κ1) is 22.6. The summed E-state index contributed by atoms with van der Waals surface area (Å²) in [6, 6.07) is 16.0. The third kappa shape index (κ3) is 4.78. The van der Waals surface area contributed by atoms with Gasteiger partial charge in [-0.05, 0) is 74.4 Å². The van der Waals surface area contributed by atoms with Crippen molar-refractivity contribution < 1.29 is 9.59 Å². The molecule has 0 atom stereocenters. The molecule has 166 valence electrons. The van der Waals surface area contributed by atoms with Crippen molar-refractivity contribution in [3.05, 3.63) is 103 Å². The Morgan fingerprint density at radius 1 is 1.00 bits per heavy atom. The molecule has 0 unspecified atom stereocenters. The number of benzene rings is 2. The SMILES string of the molecule is Cc1ccc(C)c(NC(=O)Cn2cc(C(=O)c3ccc(Br)cc3)c(=O)c3ccc(C)nc32)c1. The van der Waals surface area contributed by atoms with E-state index in [9.17, 15) is 14.4 Å². The molecule has 0 saturated heterocycles. The molecule has 6 nitrogen and oxygen atoms in total. The summed E-state index contributed by atoms with van der Waals surface area (Å²) in [6.45, 7) is 5.59. The van der Waals surface area contributed by atoms with Crippen LogP contribution in [0.5, 0.6) is 0 Å². The van der Waals surface area contributed by atoms with Gasteiger partial charge >= 0.3 is 0 Å². The van der Waals surface area contributed by atoms with Gasteiger partial charge in [-0.15, -0.1) is 0 Å². The second kappa shape index (κ2) is 9.11. The number of rotatable bonds is 5. The first-order valence-electron chi connectivity index (χ1n) is 10.4. The van der Waals surface area contributed by atoms with E-state index in [1.165, 1.54) is 6.20 Å². The molecule has 0 aliphatic carbocycles. The molecule has 1 amide bonds. The highest BCUT2D eigenvalue weighted by Gasteiger charge is 2.19. The van der Waals surface area contributed by atoms with E-state index in [1.54, 1.807) is 41.0 Å². The summed E-state index contributed by atoms with van der Waals surface area (Å²) in [7, 11) is 0. The molecule has 2 heterocycles. The molecule has 0 radical (unpaired) electrons. The quantitative estimate of drug-likeness (QED) is 0.390. The minimum Gasteiger partial charge on any atom is -0.324 e. The molecular weight excluding hydrogens is 482 g/mol. The predicted octanol–water partition coefficient (Wildman–Crippen LogP) is 4.95. The van der Waals surface area contributed by atoms with E-state index in [1.807, 2.05) is 39.0 Å². The highest BCUT2D eigenvalue weighted by Crippen LogP contribution is 2.18. The number of carbonyl (C=O) groups is 2. The van der Waals surface area contributed by atoms with Crippen LogP contribution in [0.25, 0.3) is 11.0 Å². The summed E-state index contributed by atoms with van der Waals surface area (Å²) < 4.78 is 2.40. The van der Waals surface area contributed by atoms with E-state index in [2.05, 4.69) is 26.2 Å². The smallest absolute Gasteiger partial charge is 0.244 e. The second-order valence-corrected chi connectivity index (χ2v) is 8.94. The fourth-order valence-electron chi connectivity index (χ4n) is 3.61. The number of fused-ring (bicyclic) bond motifs is 1. The van der Waals surface area contributed by atoms with Crippen molar-refractivity contribution in [3.8, 4) is 0 Å². The molecule has 7 heteroatoms. The third-order valence-electron chi connectivity index (χ3n) is 5.39. The van der Waals surface area contributed by atoms with Crippen molar-refractivity contribution in [2.24, 2.45) is 0 Å². The number of nitrogens with zero attached hydrogens (tertiary/aromatic N) is 2. The Morgan fingerprint density at radius 3 is 2.45 bits per heavy atom. The number of hydrogen-bond acceptors (Lipinski definition) is 4. The van der Waals surface area contributed by atoms with Gasteiger partial charge in [0.15, 0.2) is 5.78 Å². The van der Waals surface area contributed by atoms with Crippen LogP contribution in [0.3, 0.4) is 0 Å². The van der Waals surface area contributed by atoms with Crippen LogP contribution in [-0.4, -0.2) is 21.2 Å². The molecule has 4 aromatic rings. The van der Waals surface area contributed by atoms with Crippen molar-refractivity contribution in [1.82, 2.24) is 9.55 Å². The first-order chi connectivity index (χ1) is 15.7. The van der Waals surface area contributed by atoms with Gasteiger partial charge < -0.3 is 9.88 Å². The summed E-state index contributed by atoms with van der Waals surface area (Å²) in [5.41, 5.74) is 3.75. The maximum Gasteiger partial charge on any atom is 0.244 e. The summed E-state index contributed by atoms with van der Waals surface area (Å²) in [4.78, 5) is 43.7. The molecule has 0 fully saturated rings. The van der Waals surface area contributed by atoms with E-state index < -0.39 is 11.2 Å². The number of aryl methyl sites for hydroxylation is 3. The summed E-state index contributed by atoms with van der Waals surface area (Å²) in [5.74, 6) is -0.683. The number of nitrogens with one attached hydrogen (secondary N) is 1. The van der Waals surface area contributed by atoms with Crippen LogP contribution in [0.1, 0.15) is 32.7 Å². The van der Waals surface area contributed by atoms with Gasteiger partial charge in [0.05, 0.1) is 10.9 Å².